The van der Waals surface area contributed by atoms with Crippen LogP contribution in [-0.4, -0.2) is 37.0 Å². The number of benzene rings is 1. The zero-order valence-electron chi connectivity index (χ0n) is 9.50. The molecule has 7 heteroatoms. The average Bonchev–Trinajstić information content (AvgIpc) is 2.81. The standard InChI is InChI=1S/C11H13NO4S2/c13-11(14)8-2-1-3-10(6-8)18(15,16)12-9-4-5-17-7-9/h1-3,6,9,12H,4-5,7H2,(H,13,14). The van der Waals surface area contributed by atoms with Crippen LogP contribution < -0.4 is 4.72 Å². The molecule has 0 aromatic heterocycles. The molecule has 1 atom stereocenters. The van der Waals surface area contributed by atoms with E-state index in [4.69, 9.17) is 5.11 Å². The summed E-state index contributed by atoms with van der Waals surface area (Å²) in [6.45, 7) is 0. The Morgan fingerprint density at radius 2 is 2.22 bits per heavy atom. The van der Waals surface area contributed by atoms with E-state index in [2.05, 4.69) is 4.72 Å². The number of carbonyl (C=O) groups is 1. The highest BCUT2D eigenvalue weighted by atomic mass is 32.2. The Morgan fingerprint density at radius 3 is 2.83 bits per heavy atom. The number of sulfonamides is 1. The number of hydrogen-bond donors (Lipinski definition) is 2. The van der Waals surface area contributed by atoms with Gasteiger partial charge in [0.15, 0.2) is 0 Å². The molecule has 0 aliphatic carbocycles. The highest BCUT2D eigenvalue weighted by molar-refractivity contribution is 7.99. The van der Waals surface area contributed by atoms with Gasteiger partial charge in [0.25, 0.3) is 0 Å². The molecule has 1 aromatic rings. The minimum absolute atomic E-state index is 0.000648. The lowest BCUT2D eigenvalue weighted by molar-refractivity contribution is 0.0696. The lowest BCUT2D eigenvalue weighted by atomic mass is 10.2. The van der Waals surface area contributed by atoms with E-state index in [1.165, 1.54) is 24.3 Å². The van der Waals surface area contributed by atoms with E-state index in [1.807, 2.05) is 0 Å². The zero-order chi connectivity index (χ0) is 13.2. The normalized spacial score (nSPS) is 19.9. The van der Waals surface area contributed by atoms with Crippen LogP contribution in [0.4, 0.5) is 0 Å². The second kappa shape index (κ2) is 5.29. The second-order valence-electron chi connectivity index (χ2n) is 4.01. The summed E-state index contributed by atoms with van der Waals surface area (Å²) >= 11 is 1.71. The number of thioether (sulfide) groups is 1. The molecular weight excluding hydrogens is 274 g/mol. The van der Waals surface area contributed by atoms with Crippen LogP contribution in [0.5, 0.6) is 0 Å². The summed E-state index contributed by atoms with van der Waals surface area (Å²) < 4.78 is 26.7. The molecule has 1 aromatic carbocycles. The SMILES string of the molecule is O=C(O)c1cccc(S(=O)(=O)NC2CCSC2)c1. The highest BCUT2D eigenvalue weighted by Crippen LogP contribution is 2.20. The predicted octanol–water partition coefficient (Wildman–Crippen LogP) is 1.17. The van der Waals surface area contributed by atoms with Gasteiger partial charge < -0.3 is 5.11 Å². The molecule has 2 rings (SSSR count). The molecule has 0 spiro atoms. The summed E-state index contributed by atoms with van der Waals surface area (Å²) in [6, 6.07) is 5.31. The Morgan fingerprint density at radius 1 is 1.44 bits per heavy atom. The van der Waals surface area contributed by atoms with E-state index in [0.717, 1.165) is 17.9 Å². The van der Waals surface area contributed by atoms with Crippen molar-refractivity contribution in [2.75, 3.05) is 11.5 Å². The predicted molar refractivity (Wildman–Crippen MR) is 69.5 cm³/mol. The molecule has 0 bridgehead atoms. The monoisotopic (exact) mass is 287 g/mol. The summed E-state index contributed by atoms with van der Waals surface area (Å²) in [5.74, 6) is 0.573. The van der Waals surface area contributed by atoms with Gasteiger partial charge >= 0.3 is 5.97 Å². The third kappa shape index (κ3) is 3.04. The maximum atomic E-state index is 12.0. The highest BCUT2D eigenvalue weighted by Gasteiger charge is 2.23. The molecular formula is C11H13NO4S2. The van der Waals surface area contributed by atoms with E-state index in [-0.39, 0.29) is 16.5 Å². The van der Waals surface area contributed by atoms with E-state index < -0.39 is 16.0 Å². The van der Waals surface area contributed by atoms with Crippen LogP contribution in [-0.2, 0) is 10.0 Å². The Hall–Kier alpha value is -1.05. The van der Waals surface area contributed by atoms with Crippen molar-refractivity contribution in [3.05, 3.63) is 29.8 Å². The quantitative estimate of drug-likeness (QED) is 0.868. The van der Waals surface area contributed by atoms with Crippen LogP contribution in [0.1, 0.15) is 16.8 Å². The first kappa shape index (κ1) is 13.4. The first-order valence-electron chi connectivity index (χ1n) is 5.42. The minimum atomic E-state index is -3.63. The molecule has 1 aliphatic rings. The number of rotatable bonds is 4. The third-order valence-corrected chi connectivity index (χ3v) is 5.32. The van der Waals surface area contributed by atoms with Crippen LogP contribution in [0.2, 0.25) is 0 Å². The molecule has 1 heterocycles. The number of aromatic carboxylic acids is 1. The number of carboxylic acid groups (broad SMARTS) is 1. The first-order valence-corrected chi connectivity index (χ1v) is 8.06. The van der Waals surface area contributed by atoms with Crippen LogP contribution >= 0.6 is 11.8 Å². The average molecular weight is 287 g/mol. The van der Waals surface area contributed by atoms with Gasteiger partial charge in [0, 0.05) is 11.8 Å². The molecule has 5 nitrogen and oxygen atoms in total. The molecule has 98 valence electrons. The number of hydrogen-bond acceptors (Lipinski definition) is 4. The molecule has 1 aliphatic heterocycles. The van der Waals surface area contributed by atoms with Gasteiger partial charge in [-0.2, -0.15) is 11.8 Å². The summed E-state index contributed by atoms with van der Waals surface area (Å²) in [4.78, 5) is 10.8. The first-order chi connectivity index (χ1) is 8.49. The molecule has 2 N–H and O–H groups in total. The smallest absolute Gasteiger partial charge is 0.335 e. The second-order valence-corrected chi connectivity index (χ2v) is 6.88. The summed E-state index contributed by atoms with van der Waals surface area (Å²) in [6.07, 6.45) is 0.808. The van der Waals surface area contributed by atoms with Crippen LogP contribution in [0.3, 0.4) is 0 Å². The fourth-order valence-corrected chi connectivity index (χ4v) is 4.29. The lowest BCUT2D eigenvalue weighted by Crippen LogP contribution is -2.34. The Balaban J connectivity index is 2.23. The maximum Gasteiger partial charge on any atom is 0.335 e. The molecule has 1 fully saturated rings. The van der Waals surface area contributed by atoms with Gasteiger partial charge in [0.05, 0.1) is 10.5 Å². The summed E-state index contributed by atoms with van der Waals surface area (Å²) in [7, 11) is -3.63. The summed E-state index contributed by atoms with van der Waals surface area (Å²) in [5, 5.41) is 8.84. The van der Waals surface area contributed by atoms with Gasteiger partial charge in [-0.15, -0.1) is 0 Å². The van der Waals surface area contributed by atoms with Crippen molar-refractivity contribution in [2.45, 2.75) is 17.4 Å². The Bertz CT molecular complexity index is 550. The van der Waals surface area contributed by atoms with Crippen molar-refractivity contribution in [3.63, 3.8) is 0 Å². The van der Waals surface area contributed by atoms with Crippen LogP contribution in [0.25, 0.3) is 0 Å². The Kier molecular flexibility index (Phi) is 3.94. The number of carboxylic acids is 1. The molecule has 0 radical (unpaired) electrons. The maximum absolute atomic E-state index is 12.0. The molecule has 0 amide bonds. The van der Waals surface area contributed by atoms with Crippen molar-refractivity contribution in [2.24, 2.45) is 0 Å². The van der Waals surface area contributed by atoms with Crippen LogP contribution in [0, 0.1) is 0 Å². The van der Waals surface area contributed by atoms with Gasteiger partial charge in [0.2, 0.25) is 10.0 Å². The molecule has 1 saturated heterocycles. The topological polar surface area (TPSA) is 83.5 Å². The molecule has 18 heavy (non-hydrogen) atoms. The lowest BCUT2D eigenvalue weighted by Gasteiger charge is -2.12. The fourth-order valence-electron chi connectivity index (χ4n) is 1.71. The fraction of sp³-hybridized carbons (Fsp3) is 0.364. The van der Waals surface area contributed by atoms with E-state index in [9.17, 15) is 13.2 Å². The van der Waals surface area contributed by atoms with Crippen molar-refractivity contribution in [1.82, 2.24) is 4.72 Å². The van der Waals surface area contributed by atoms with Gasteiger partial charge in [-0.05, 0) is 30.4 Å². The zero-order valence-corrected chi connectivity index (χ0v) is 11.1. The van der Waals surface area contributed by atoms with E-state index in [0.29, 0.717) is 0 Å². The van der Waals surface area contributed by atoms with Crippen molar-refractivity contribution in [1.29, 1.82) is 0 Å². The van der Waals surface area contributed by atoms with Crippen LogP contribution in [0.15, 0.2) is 29.2 Å². The minimum Gasteiger partial charge on any atom is -0.478 e. The molecule has 0 saturated carbocycles. The van der Waals surface area contributed by atoms with Gasteiger partial charge in [-0.25, -0.2) is 17.9 Å². The third-order valence-electron chi connectivity index (χ3n) is 2.64. The summed E-state index contributed by atoms with van der Waals surface area (Å²) in [5.41, 5.74) is -0.0290. The van der Waals surface area contributed by atoms with E-state index >= 15 is 0 Å². The van der Waals surface area contributed by atoms with Crippen molar-refractivity contribution in [3.8, 4) is 0 Å². The Labute approximate surface area is 110 Å². The largest absolute Gasteiger partial charge is 0.478 e. The van der Waals surface area contributed by atoms with Crippen molar-refractivity contribution < 1.29 is 18.3 Å². The van der Waals surface area contributed by atoms with Gasteiger partial charge in [-0.3, -0.25) is 0 Å². The van der Waals surface area contributed by atoms with Crippen molar-refractivity contribution >= 4 is 27.8 Å². The van der Waals surface area contributed by atoms with Gasteiger partial charge in [0.1, 0.15) is 0 Å². The van der Waals surface area contributed by atoms with E-state index in [1.54, 1.807) is 11.8 Å². The molecule has 1 unspecified atom stereocenters. The van der Waals surface area contributed by atoms with Gasteiger partial charge in [-0.1, -0.05) is 6.07 Å². The number of nitrogens with one attached hydrogen (secondary N) is 1.